The second-order valence-electron chi connectivity index (χ2n) is 10.7. The van der Waals surface area contributed by atoms with Crippen molar-refractivity contribution in [1.29, 1.82) is 0 Å². The standard InChI is InChI=1S/C30H33ClN4O/c1-19-11-25(30(3,4)5)26(31)12-24(19)27-13-28(36-18-21-9-7-6-8-10-21)29(20(2)34-27)22-14-33-35(17-22)23-15-32-16-23/h6-14,17,23,32H,15-16,18H2,1-5H3. The number of pyridine rings is 1. The Balaban J connectivity index is 1.58. The third-order valence-electron chi connectivity index (χ3n) is 6.82. The van der Waals surface area contributed by atoms with Crippen molar-refractivity contribution in [3.8, 4) is 28.1 Å². The first kappa shape index (κ1) is 24.5. The van der Waals surface area contributed by atoms with E-state index in [2.05, 4.69) is 62.5 Å². The molecule has 0 spiro atoms. The molecule has 0 aliphatic carbocycles. The first-order valence-corrected chi connectivity index (χ1v) is 12.8. The van der Waals surface area contributed by atoms with E-state index in [1.165, 1.54) is 0 Å². The molecule has 186 valence electrons. The van der Waals surface area contributed by atoms with Crippen LogP contribution in [0.4, 0.5) is 0 Å². The van der Waals surface area contributed by atoms with E-state index in [4.69, 9.17) is 21.3 Å². The van der Waals surface area contributed by atoms with Gasteiger partial charge in [0.1, 0.15) is 12.4 Å². The van der Waals surface area contributed by atoms with Crippen LogP contribution in [0.15, 0.2) is 60.9 Å². The van der Waals surface area contributed by atoms with Gasteiger partial charge >= 0.3 is 0 Å². The maximum Gasteiger partial charge on any atom is 0.131 e. The Morgan fingerprint density at radius 2 is 1.83 bits per heavy atom. The molecule has 36 heavy (non-hydrogen) atoms. The lowest BCUT2D eigenvalue weighted by molar-refractivity contribution is 0.307. The quantitative estimate of drug-likeness (QED) is 0.312. The molecule has 3 heterocycles. The molecule has 1 fully saturated rings. The van der Waals surface area contributed by atoms with Gasteiger partial charge in [-0.25, -0.2) is 0 Å². The third-order valence-corrected chi connectivity index (χ3v) is 7.14. The van der Waals surface area contributed by atoms with Crippen LogP contribution in [0.3, 0.4) is 0 Å². The summed E-state index contributed by atoms with van der Waals surface area (Å²) in [4.78, 5) is 5.03. The summed E-state index contributed by atoms with van der Waals surface area (Å²) in [6, 6.07) is 16.9. The molecule has 0 unspecified atom stereocenters. The number of benzene rings is 2. The van der Waals surface area contributed by atoms with Gasteiger partial charge in [-0.05, 0) is 42.0 Å². The molecule has 1 saturated heterocycles. The van der Waals surface area contributed by atoms with Gasteiger partial charge in [0.05, 0.1) is 17.9 Å². The predicted octanol–water partition coefficient (Wildman–Crippen LogP) is 6.90. The zero-order valence-electron chi connectivity index (χ0n) is 21.6. The molecule has 1 aliphatic rings. The molecule has 0 radical (unpaired) electrons. The van der Waals surface area contributed by atoms with Crippen LogP contribution in [0.1, 0.15) is 49.2 Å². The van der Waals surface area contributed by atoms with Crippen LogP contribution in [-0.4, -0.2) is 27.9 Å². The highest BCUT2D eigenvalue weighted by molar-refractivity contribution is 6.31. The van der Waals surface area contributed by atoms with Crippen LogP contribution < -0.4 is 10.1 Å². The average molecular weight is 501 g/mol. The molecule has 0 bridgehead atoms. The van der Waals surface area contributed by atoms with Crippen LogP contribution >= 0.6 is 11.6 Å². The van der Waals surface area contributed by atoms with Crippen molar-refractivity contribution >= 4 is 11.6 Å². The van der Waals surface area contributed by atoms with E-state index in [1.54, 1.807) is 0 Å². The smallest absolute Gasteiger partial charge is 0.131 e. The largest absolute Gasteiger partial charge is 0.488 e. The van der Waals surface area contributed by atoms with Gasteiger partial charge < -0.3 is 10.1 Å². The SMILES string of the molecule is Cc1cc(C(C)(C)C)c(Cl)cc1-c1cc(OCc2ccccc2)c(-c2cnn(C3CNC3)c2)c(C)n1. The van der Waals surface area contributed by atoms with Crippen LogP contribution in [-0.2, 0) is 12.0 Å². The molecule has 5 rings (SSSR count). The molecule has 5 nitrogen and oxygen atoms in total. The molecule has 1 aliphatic heterocycles. The summed E-state index contributed by atoms with van der Waals surface area (Å²) >= 11 is 6.76. The van der Waals surface area contributed by atoms with E-state index in [1.807, 2.05) is 48.1 Å². The number of nitrogens with one attached hydrogen (secondary N) is 1. The second kappa shape index (κ2) is 9.72. The molecule has 0 saturated carbocycles. The molecular formula is C30H33ClN4O. The van der Waals surface area contributed by atoms with Crippen molar-refractivity contribution in [3.05, 3.63) is 88.3 Å². The lowest BCUT2D eigenvalue weighted by Crippen LogP contribution is -2.43. The van der Waals surface area contributed by atoms with Crippen molar-refractivity contribution < 1.29 is 4.74 Å². The van der Waals surface area contributed by atoms with Gasteiger partial charge in [0.15, 0.2) is 0 Å². The van der Waals surface area contributed by atoms with Gasteiger partial charge in [-0.15, -0.1) is 0 Å². The highest BCUT2D eigenvalue weighted by Gasteiger charge is 2.23. The van der Waals surface area contributed by atoms with Crippen molar-refractivity contribution in [2.75, 3.05) is 13.1 Å². The molecule has 2 aromatic carbocycles. The van der Waals surface area contributed by atoms with Gasteiger partial charge in [0, 0.05) is 52.8 Å². The van der Waals surface area contributed by atoms with E-state index < -0.39 is 0 Å². The second-order valence-corrected chi connectivity index (χ2v) is 11.1. The topological polar surface area (TPSA) is 52.0 Å². The number of halogens is 1. The Labute approximate surface area is 218 Å². The van der Waals surface area contributed by atoms with Gasteiger partial charge in [0.2, 0.25) is 0 Å². The molecule has 6 heteroatoms. The number of hydrogen-bond donors (Lipinski definition) is 1. The average Bonchev–Trinajstić information content (AvgIpc) is 3.26. The maximum absolute atomic E-state index is 6.76. The fourth-order valence-corrected chi connectivity index (χ4v) is 5.09. The molecule has 2 aromatic heterocycles. The Bertz CT molecular complexity index is 1380. The van der Waals surface area contributed by atoms with Gasteiger partial charge in [-0.2, -0.15) is 5.10 Å². The molecular weight excluding hydrogens is 468 g/mol. The number of nitrogens with zero attached hydrogens (tertiary/aromatic N) is 3. The van der Waals surface area contributed by atoms with Gasteiger partial charge in [-0.3, -0.25) is 9.67 Å². The Morgan fingerprint density at radius 1 is 1.08 bits per heavy atom. The van der Waals surface area contributed by atoms with E-state index in [0.29, 0.717) is 12.6 Å². The number of aryl methyl sites for hydroxylation is 2. The van der Waals surface area contributed by atoms with Crippen LogP contribution in [0.5, 0.6) is 5.75 Å². The molecule has 1 N–H and O–H groups in total. The molecule has 4 aromatic rings. The number of ether oxygens (including phenoxy) is 1. The van der Waals surface area contributed by atoms with Crippen LogP contribution in [0.25, 0.3) is 22.4 Å². The summed E-state index contributed by atoms with van der Waals surface area (Å²) in [6.45, 7) is 13.1. The van der Waals surface area contributed by atoms with Gasteiger partial charge in [0.25, 0.3) is 0 Å². The predicted molar refractivity (Wildman–Crippen MR) is 147 cm³/mol. The van der Waals surface area contributed by atoms with Crippen molar-refractivity contribution in [3.63, 3.8) is 0 Å². The Kier molecular flexibility index (Phi) is 6.62. The monoisotopic (exact) mass is 500 g/mol. The van der Waals surface area contributed by atoms with Gasteiger partial charge in [-0.1, -0.05) is 68.8 Å². The van der Waals surface area contributed by atoms with E-state index in [-0.39, 0.29) is 5.41 Å². The van der Waals surface area contributed by atoms with E-state index in [9.17, 15) is 0 Å². The number of hydrogen-bond acceptors (Lipinski definition) is 4. The van der Waals surface area contributed by atoms with Crippen LogP contribution in [0.2, 0.25) is 5.02 Å². The van der Waals surface area contributed by atoms with Crippen molar-refractivity contribution in [2.24, 2.45) is 0 Å². The summed E-state index contributed by atoms with van der Waals surface area (Å²) in [5.41, 5.74) is 8.12. The van der Waals surface area contributed by atoms with E-state index >= 15 is 0 Å². The zero-order chi connectivity index (χ0) is 25.4. The highest BCUT2D eigenvalue weighted by atomic mass is 35.5. The van der Waals surface area contributed by atoms with Crippen molar-refractivity contribution in [2.45, 2.75) is 52.7 Å². The lowest BCUT2D eigenvalue weighted by Gasteiger charge is -2.27. The molecule has 0 atom stereocenters. The maximum atomic E-state index is 6.76. The molecule has 0 amide bonds. The first-order valence-electron chi connectivity index (χ1n) is 12.5. The fourth-order valence-electron chi connectivity index (χ4n) is 4.64. The minimum absolute atomic E-state index is 0.0341. The van der Waals surface area contributed by atoms with Crippen molar-refractivity contribution in [1.82, 2.24) is 20.1 Å². The fraction of sp³-hybridized carbons (Fsp3) is 0.333. The third kappa shape index (κ3) is 4.91. The summed E-state index contributed by atoms with van der Waals surface area (Å²) < 4.78 is 8.49. The summed E-state index contributed by atoms with van der Waals surface area (Å²) in [5.74, 6) is 0.794. The first-order chi connectivity index (χ1) is 17.2. The summed E-state index contributed by atoms with van der Waals surface area (Å²) in [6.07, 6.45) is 4.02. The Morgan fingerprint density at radius 3 is 2.50 bits per heavy atom. The highest BCUT2D eigenvalue weighted by Crippen LogP contribution is 2.39. The zero-order valence-corrected chi connectivity index (χ0v) is 22.4. The van der Waals surface area contributed by atoms with Crippen LogP contribution in [0, 0.1) is 13.8 Å². The summed E-state index contributed by atoms with van der Waals surface area (Å²) in [7, 11) is 0. The number of rotatable bonds is 6. The normalized spacial score (nSPS) is 14.1. The Hall–Kier alpha value is -3.15. The number of aromatic nitrogens is 3. The minimum Gasteiger partial charge on any atom is -0.488 e. The minimum atomic E-state index is -0.0341. The summed E-state index contributed by atoms with van der Waals surface area (Å²) in [5, 5.41) is 8.70. The van der Waals surface area contributed by atoms with E-state index in [0.717, 1.165) is 68.6 Å². The lowest BCUT2D eigenvalue weighted by atomic mass is 9.85.